The van der Waals surface area contributed by atoms with Gasteiger partial charge in [-0.3, -0.25) is 9.59 Å². The number of carboxylic acids is 1. The van der Waals surface area contributed by atoms with E-state index in [1.165, 1.54) is 18.1 Å². The molecule has 0 heterocycles. The number of carboxylic acid groups (broad SMARTS) is 1. The third kappa shape index (κ3) is 21.7. The number of esters is 1. The van der Waals surface area contributed by atoms with Crippen molar-refractivity contribution in [3.05, 3.63) is 23.3 Å². The number of rotatable bonds is 7. The summed E-state index contributed by atoms with van der Waals surface area (Å²) >= 11 is 0. The molecule has 0 saturated heterocycles. The molecule has 0 aliphatic heterocycles. The Kier molecular flexibility index (Phi) is 14.3. The molecule has 0 aromatic rings. The van der Waals surface area contributed by atoms with Crippen molar-refractivity contribution in [2.24, 2.45) is 0 Å². The molecule has 1 N–H and O–H groups in total. The quantitative estimate of drug-likeness (QED) is 0.564. The van der Waals surface area contributed by atoms with Crippen LogP contribution in [0, 0.1) is 0 Å². The summed E-state index contributed by atoms with van der Waals surface area (Å²) in [4.78, 5) is 20.1. The second-order valence-electron chi connectivity index (χ2n) is 4.82. The van der Waals surface area contributed by atoms with E-state index in [9.17, 15) is 9.59 Å². The average Bonchev–Trinajstić information content (AvgIpc) is 2.28. The molecule has 0 spiro atoms. The lowest BCUT2D eigenvalue weighted by Gasteiger charge is -2.00. The minimum atomic E-state index is -0.711. The molecule has 0 fully saturated rings. The summed E-state index contributed by atoms with van der Waals surface area (Å²) in [5.41, 5.74) is 2.61. The fraction of sp³-hybridized carbons (Fsp3) is 0.625. The molecule has 0 rings (SSSR count). The van der Waals surface area contributed by atoms with Gasteiger partial charge in [0.05, 0.1) is 0 Å². The maximum Gasteiger partial charge on any atom is 0.303 e. The Morgan fingerprint density at radius 3 is 2.00 bits per heavy atom. The second kappa shape index (κ2) is 13.8. The van der Waals surface area contributed by atoms with Crippen LogP contribution in [0.5, 0.6) is 0 Å². The summed E-state index contributed by atoms with van der Waals surface area (Å²) in [5, 5.41) is 7.91. The lowest BCUT2D eigenvalue weighted by Crippen LogP contribution is -1.98. The van der Waals surface area contributed by atoms with Crippen molar-refractivity contribution >= 4 is 11.9 Å². The van der Waals surface area contributed by atoms with Crippen LogP contribution in [0.2, 0.25) is 0 Å². The van der Waals surface area contributed by atoms with Crippen LogP contribution < -0.4 is 0 Å². The van der Waals surface area contributed by atoms with E-state index in [-0.39, 0.29) is 5.97 Å². The molecule has 20 heavy (non-hydrogen) atoms. The lowest BCUT2D eigenvalue weighted by atomic mass is 10.1. The van der Waals surface area contributed by atoms with Crippen molar-refractivity contribution in [2.45, 2.75) is 60.3 Å². The average molecular weight is 284 g/mol. The molecule has 116 valence electrons. The minimum Gasteiger partial charge on any atom is -0.481 e. The highest BCUT2D eigenvalue weighted by molar-refractivity contribution is 5.66. The second-order valence-corrected chi connectivity index (χ2v) is 4.82. The fourth-order valence-electron chi connectivity index (χ4n) is 1.21. The van der Waals surface area contributed by atoms with Crippen LogP contribution in [0.15, 0.2) is 23.3 Å². The van der Waals surface area contributed by atoms with Gasteiger partial charge in [-0.25, -0.2) is 0 Å². The number of carbonyl (C=O) groups is 2. The summed E-state index contributed by atoms with van der Waals surface area (Å²) in [6.45, 7) is 9.91. The Morgan fingerprint density at radius 2 is 1.65 bits per heavy atom. The smallest absolute Gasteiger partial charge is 0.303 e. The van der Waals surface area contributed by atoms with E-state index >= 15 is 0 Å². The molecule has 4 heteroatoms. The van der Waals surface area contributed by atoms with Gasteiger partial charge in [-0.05, 0) is 46.1 Å². The Morgan fingerprint density at radius 1 is 1.05 bits per heavy atom. The van der Waals surface area contributed by atoms with Crippen LogP contribution in [0.25, 0.3) is 0 Å². The molecule has 0 bridgehead atoms. The van der Waals surface area contributed by atoms with E-state index in [1.807, 2.05) is 13.0 Å². The van der Waals surface area contributed by atoms with Crippen molar-refractivity contribution in [2.75, 3.05) is 6.61 Å². The number of hydrogen-bond acceptors (Lipinski definition) is 3. The zero-order chi connectivity index (χ0) is 16.0. The van der Waals surface area contributed by atoms with E-state index in [2.05, 4.69) is 26.8 Å². The Labute approximate surface area is 122 Å². The van der Waals surface area contributed by atoms with Crippen LogP contribution in [-0.4, -0.2) is 23.7 Å². The Balaban J connectivity index is 0. The molecule has 0 saturated carbocycles. The predicted molar refractivity (Wildman–Crippen MR) is 81.6 cm³/mol. The third-order valence-electron chi connectivity index (χ3n) is 2.27. The molecular formula is C16H28O4. The first-order valence-electron chi connectivity index (χ1n) is 6.93. The topological polar surface area (TPSA) is 63.6 Å². The first-order chi connectivity index (χ1) is 9.29. The van der Waals surface area contributed by atoms with E-state index in [0.29, 0.717) is 13.0 Å². The predicted octanol–water partition coefficient (Wildman–Crippen LogP) is 4.11. The zero-order valence-corrected chi connectivity index (χ0v) is 13.4. The molecule has 0 aliphatic carbocycles. The van der Waals surface area contributed by atoms with Gasteiger partial charge in [-0.1, -0.05) is 24.1 Å². The molecule has 0 aliphatic rings. The highest BCUT2D eigenvalue weighted by Gasteiger charge is 1.91. The zero-order valence-electron chi connectivity index (χ0n) is 13.4. The van der Waals surface area contributed by atoms with Gasteiger partial charge in [-0.2, -0.15) is 0 Å². The van der Waals surface area contributed by atoms with Crippen molar-refractivity contribution in [1.82, 2.24) is 0 Å². The first-order valence-corrected chi connectivity index (χ1v) is 6.93. The largest absolute Gasteiger partial charge is 0.481 e. The maximum absolute atomic E-state index is 10.5. The fourth-order valence-corrected chi connectivity index (χ4v) is 1.21. The van der Waals surface area contributed by atoms with Gasteiger partial charge in [0, 0.05) is 13.3 Å². The van der Waals surface area contributed by atoms with E-state index < -0.39 is 5.97 Å². The van der Waals surface area contributed by atoms with Gasteiger partial charge in [0.1, 0.15) is 6.61 Å². The van der Waals surface area contributed by atoms with Crippen LogP contribution in [0.1, 0.15) is 60.3 Å². The number of aliphatic carboxylic acids is 1. The maximum atomic E-state index is 10.5. The molecule has 0 aromatic heterocycles. The molecule has 0 radical (unpaired) electrons. The van der Waals surface area contributed by atoms with E-state index in [4.69, 9.17) is 9.84 Å². The van der Waals surface area contributed by atoms with Gasteiger partial charge in [0.25, 0.3) is 0 Å². The summed E-state index contributed by atoms with van der Waals surface area (Å²) in [7, 11) is 0. The molecule has 0 unspecified atom stereocenters. The molecular weight excluding hydrogens is 256 g/mol. The molecule has 4 nitrogen and oxygen atoms in total. The van der Waals surface area contributed by atoms with Gasteiger partial charge in [0.2, 0.25) is 0 Å². The third-order valence-corrected chi connectivity index (χ3v) is 2.27. The Bertz CT molecular complexity index is 336. The van der Waals surface area contributed by atoms with Crippen molar-refractivity contribution in [1.29, 1.82) is 0 Å². The van der Waals surface area contributed by atoms with Gasteiger partial charge in [-0.15, -0.1) is 0 Å². The molecule has 0 atom stereocenters. The Hall–Kier alpha value is -1.58. The van der Waals surface area contributed by atoms with E-state index in [1.54, 1.807) is 0 Å². The standard InChI is InChI=1S/C12H20O2.C4H8O2/c1-10(2)6-5-7-11(3)8-9-14-12(4)13;1-2-3-4(5)6/h6,8H,5,7,9H2,1-4H3;2-3H2,1H3,(H,5,6)/b11-8+;. The van der Waals surface area contributed by atoms with Crippen LogP contribution in [-0.2, 0) is 14.3 Å². The summed E-state index contributed by atoms with van der Waals surface area (Å²) < 4.78 is 4.81. The highest BCUT2D eigenvalue weighted by atomic mass is 16.5. The van der Waals surface area contributed by atoms with Crippen molar-refractivity contribution in [3.63, 3.8) is 0 Å². The van der Waals surface area contributed by atoms with Crippen LogP contribution in [0.3, 0.4) is 0 Å². The number of carbonyl (C=O) groups excluding carboxylic acids is 1. The normalized spacial score (nSPS) is 10.2. The SMILES string of the molecule is CC(=O)OC/C=C(\C)CCC=C(C)C.CCCC(=O)O. The van der Waals surface area contributed by atoms with Crippen molar-refractivity contribution < 1.29 is 19.4 Å². The minimum absolute atomic E-state index is 0.224. The number of hydrogen-bond donors (Lipinski definition) is 1. The van der Waals surface area contributed by atoms with Crippen molar-refractivity contribution in [3.8, 4) is 0 Å². The highest BCUT2D eigenvalue weighted by Crippen LogP contribution is 2.06. The van der Waals surface area contributed by atoms with Gasteiger partial charge < -0.3 is 9.84 Å². The number of allylic oxidation sites excluding steroid dienone is 3. The van der Waals surface area contributed by atoms with Gasteiger partial charge >= 0.3 is 11.9 Å². The summed E-state index contributed by atoms with van der Waals surface area (Å²) in [6.07, 6.45) is 7.29. The van der Waals surface area contributed by atoms with Gasteiger partial charge in [0.15, 0.2) is 0 Å². The summed E-state index contributed by atoms with van der Waals surface area (Å²) in [6, 6.07) is 0. The monoisotopic (exact) mass is 284 g/mol. The van der Waals surface area contributed by atoms with Crippen LogP contribution >= 0.6 is 0 Å². The van der Waals surface area contributed by atoms with Crippen LogP contribution in [0.4, 0.5) is 0 Å². The summed E-state index contributed by atoms with van der Waals surface area (Å²) in [5.74, 6) is -0.934. The van der Waals surface area contributed by atoms with E-state index in [0.717, 1.165) is 19.3 Å². The number of ether oxygens (including phenoxy) is 1. The molecule has 0 aromatic carbocycles. The molecule has 0 amide bonds. The first kappa shape index (κ1) is 20.7. The lowest BCUT2D eigenvalue weighted by molar-refractivity contribution is -0.140.